The number of sulfonamides is 1. The first-order chi connectivity index (χ1) is 19.1. The maximum atomic E-state index is 14.1. The van der Waals surface area contributed by atoms with Crippen LogP contribution in [0, 0.1) is 6.92 Å². The van der Waals surface area contributed by atoms with Gasteiger partial charge in [-0.3, -0.25) is 13.9 Å². The minimum atomic E-state index is -4.13. The molecule has 0 fully saturated rings. The van der Waals surface area contributed by atoms with Crippen LogP contribution in [0.25, 0.3) is 0 Å². The SMILES string of the molecule is CC[C@H](C(=O)N[C@@H](C)CC)N(Cc1ccccc1C)C(=O)CN(c1ccccc1)S(=O)(=O)c1ccc(OC)cc1. The number of amides is 2. The Morgan fingerprint density at radius 2 is 1.52 bits per heavy atom. The maximum Gasteiger partial charge on any atom is 0.264 e. The number of hydrogen-bond donors (Lipinski definition) is 1. The van der Waals surface area contributed by atoms with Crippen molar-refractivity contribution in [1.82, 2.24) is 10.2 Å². The maximum absolute atomic E-state index is 14.1. The monoisotopic (exact) mass is 565 g/mol. The molecule has 0 heterocycles. The summed E-state index contributed by atoms with van der Waals surface area (Å²) in [6.45, 7) is 7.38. The first-order valence-corrected chi connectivity index (χ1v) is 14.9. The summed E-state index contributed by atoms with van der Waals surface area (Å²) in [5, 5.41) is 2.99. The first kappa shape index (κ1) is 30.7. The minimum absolute atomic E-state index is 0.0250. The van der Waals surface area contributed by atoms with E-state index in [-0.39, 0.29) is 23.4 Å². The molecular weight excluding hydrogens is 526 g/mol. The summed E-state index contributed by atoms with van der Waals surface area (Å²) < 4.78 is 34.1. The van der Waals surface area contributed by atoms with E-state index in [1.165, 1.54) is 24.1 Å². The molecule has 9 heteroatoms. The molecule has 0 aromatic heterocycles. The van der Waals surface area contributed by atoms with E-state index in [9.17, 15) is 18.0 Å². The van der Waals surface area contributed by atoms with Gasteiger partial charge >= 0.3 is 0 Å². The number of para-hydroxylation sites is 1. The van der Waals surface area contributed by atoms with E-state index in [0.717, 1.165) is 21.9 Å². The Hall–Kier alpha value is -3.85. The van der Waals surface area contributed by atoms with Gasteiger partial charge in [0.05, 0.1) is 17.7 Å². The van der Waals surface area contributed by atoms with Crippen molar-refractivity contribution in [2.45, 2.75) is 64.1 Å². The summed E-state index contributed by atoms with van der Waals surface area (Å²) in [6.07, 6.45) is 1.12. The van der Waals surface area contributed by atoms with Crippen LogP contribution < -0.4 is 14.4 Å². The fraction of sp³-hybridized carbons (Fsp3) is 0.355. The highest BCUT2D eigenvalue weighted by Gasteiger charge is 2.34. The zero-order valence-electron chi connectivity index (χ0n) is 23.8. The fourth-order valence-electron chi connectivity index (χ4n) is 4.33. The molecule has 0 aliphatic heterocycles. The molecule has 2 amide bonds. The molecule has 0 saturated heterocycles. The van der Waals surface area contributed by atoms with Gasteiger partial charge < -0.3 is 15.0 Å². The first-order valence-electron chi connectivity index (χ1n) is 13.5. The number of benzene rings is 3. The summed E-state index contributed by atoms with van der Waals surface area (Å²) >= 11 is 0. The highest BCUT2D eigenvalue weighted by Crippen LogP contribution is 2.26. The molecule has 3 aromatic carbocycles. The third-order valence-corrected chi connectivity index (χ3v) is 8.75. The summed E-state index contributed by atoms with van der Waals surface area (Å²) in [5.74, 6) is -0.220. The largest absolute Gasteiger partial charge is 0.497 e. The van der Waals surface area contributed by atoms with Crippen molar-refractivity contribution < 1.29 is 22.7 Å². The van der Waals surface area contributed by atoms with E-state index in [1.54, 1.807) is 42.5 Å². The number of anilines is 1. The highest BCUT2D eigenvalue weighted by molar-refractivity contribution is 7.92. The number of carbonyl (C=O) groups excluding carboxylic acids is 2. The van der Waals surface area contributed by atoms with Gasteiger partial charge in [-0.1, -0.05) is 56.3 Å². The smallest absolute Gasteiger partial charge is 0.264 e. The summed E-state index contributed by atoms with van der Waals surface area (Å²) in [5.41, 5.74) is 2.21. The molecule has 214 valence electrons. The number of rotatable bonds is 13. The molecule has 2 atom stereocenters. The lowest BCUT2D eigenvalue weighted by atomic mass is 10.1. The van der Waals surface area contributed by atoms with E-state index in [2.05, 4.69) is 5.32 Å². The number of nitrogens with one attached hydrogen (secondary N) is 1. The zero-order valence-corrected chi connectivity index (χ0v) is 24.6. The number of hydrogen-bond acceptors (Lipinski definition) is 5. The number of carbonyl (C=O) groups is 2. The van der Waals surface area contributed by atoms with Crippen molar-refractivity contribution in [3.05, 3.63) is 90.0 Å². The van der Waals surface area contributed by atoms with Crippen LogP contribution in [0.3, 0.4) is 0 Å². The molecule has 0 aliphatic carbocycles. The van der Waals surface area contributed by atoms with Crippen LogP contribution in [-0.4, -0.2) is 50.9 Å². The van der Waals surface area contributed by atoms with Gasteiger partial charge in [0.25, 0.3) is 10.0 Å². The van der Waals surface area contributed by atoms with Crippen molar-refractivity contribution in [1.29, 1.82) is 0 Å². The second-order valence-corrected chi connectivity index (χ2v) is 11.6. The van der Waals surface area contributed by atoms with E-state index < -0.39 is 28.5 Å². The summed E-state index contributed by atoms with van der Waals surface area (Å²) in [6, 6.07) is 21.4. The molecule has 0 spiro atoms. The lowest BCUT2D eigenvalue weighted by molar-refractivity contribution is -0.140. The molecule has 40 heavy (non-hydrogen) atoms. The van der Waals surface area contributed by atoms with Gasteiger partial charge in [0, 0.05) is 12.6 Å². The lowest BCUT2D eigenvalue weighted by Gasteiger charge is -2.34. The summed E-state index contributed by atoms with van der Waals surface area (Å²) in [4.78, 5) is 29.0. The quantitative estimate of drug-likeness (QED) is 0.317. The summed E-state index contributed by atoms with van der Waals surface area (Å²) in [7, 11) is -2.63. The van der Waals surface area contributed by atoms with Gasteiger partial charge in [-0.05, 0) is 74.2 Å². The third-order valence-electron chi connectivity index (χ3n) is 6.96. The molecule has 0 aliphatic rings. The van der Waals surface area contributed by atoms with Gasteiger partial charge in [0.1, 0.15) is 18.3 Å². The molecule has 3 rings (SSSR count). The lowest BCUT2D eigenvalue weighted by Crippen LogP contribution is -2.53. The van der Waals surface area contributed by atoms with Gasteiger partial charge in [-0.25, -0.2) is 8.42 Å². The van der Waals surface area contributed by atoms with Gasteiger partial charge in [-0.15, -0.1) is 0 Å². The Morgan fingerprint density at radius 1 is 0.900 bits per heavy atom. The van der Waals surface area contributed by atoms with E-state index >= 15 is 0 Å². The predicted molar refractivity (Wildman–Crippen MR) is 158 cm³/mol. The van der Waals surface area contributed by atoms with Gasteiger partial charge in [0.2, 0.25) is 11.8 Å². The zero-order chi connectivity index (χ0) is 29.3. The molecule has 0 bridgehead atoms. The molecule has 0 radical (unpaired) electrons. The second kappa shape index (κ2) is 14.0. The van der Waals surface area contributed by atoms with E-state index in [4.69, 9.17) is 4.74 Å². The highest BCUT2D eigenvalue weighted by atomic mass is 32.2. The van der Waals surface area contributed by atoms with E-state index in [0.29, 0.717) is 17.9 Å². The Labute approximate surface area is 238 Å². The molecule has 8 nitrogen and oxygen atoms in total. The molecule has 0 unspecified atom stereocenters. The van der Waals surface area contributed by atoms with E-state index in [1.807, 2.05) is 52.0 Å². The number of aryl methyl sites for hydroxylation is 1. The normalized spacial score (nSPS) is 12.7. The Balaban J connectivity index is 2.04. The van der Waals surface area contributed by atoms with Gasteiger partial charge in [-0.2, -0.15) is 0 Å². The fourth-order valence-corrected chi connectivity index (χ4v) is 5.74. The third kappa shape index (κ3) is 7.41. The van der Waals surface area contributed by atoms with Gasteiger partial charge in [0.15, 0.2) is 0 Å². The number of nitrogens with zero attached hydrogens (tertiary/aromatic N) is 2. The van der Waals surface area contributed by atoms with Crippen LogP contribution in [0.4, 0.5) is 5.69 Å². The molecule has 1 N–H and O–H groups in total. The van der Waals surface area contributed by atoms with Crippen LogP contribution >= 0.6 is 0 Å². The van der Waals surface area contributed by atoms with Crippen molar-refractivity contribution >= 4 is 27.5 Å². The average Bonchev–Trinajstić information content (AvgIpc) is 2.96. The second-order valence-electron chi connectivity index (χ2n) is 9.71. The molecular formula is C31H39N3O5S. The van der Waals surface area contributed by atoms with Crippen LogP contribution in [0.2, 0.25) is 0 Å². The molecule has 0 saturated carbocycles. The van der Waals surface area contributed by atoms with Crippen LogP contribution in [-0.2, 0) is 26.2 Å². The minimum Gasteiger partial charge on any atom is -0.497 e. The van der Waals surface area contributed by atoms with Crippen LogP contribution in [0.15, 0.2) is 83.8 Å². The Kier molecular flexibility index (Phi) is 10.7. The Bertz CT molecular complexity index is 1380. The Morgan fingerprint density at radius 3 is 2.10 bits per heavy atom. The standard InChI is InChI=1S/C31H39N3O5S/c1-6-24(4)32-31(36)29(7-2)33(21-25-14-12-11-13-23(25)3)30(35)22-34(26-15-9-8-10-16-26)40(37,38)28-19-17-27(39-5)18-20-28/h8-20,24,29H,6-7,21-22H2,1-5H3,(H,32,36)/t24-,29+/m0/s1. The topological polar surface area (TPSA) is 96.0 Å². The van der Waals surface area contributed by atoms with Crippen molar-refractivity contribution in [2.75, 3.05) is 18.0 Å². The number of ether oxygens (including phenoxy) is 1. The van der Waals surface area contributed by atoms with Crippen LogP contribution in [0.1, 0.15) is 44.7 Å². The average molecular weight is 566 g/mol. The molecule has 3 aromatic rings. The van der Waals surface area contributed by atoms with Crippen molar-refractivity contribution in [3.63, 3.8) is 0 Å². The van der Waals surface area contributed by atoms with Crippen LogP contribution in [0.5, 0.6) is 5.75 Å². The number of methoxy groups -OCH3 is 1. The van der Waals surface area contributed by atoms with Crippen molar-refractivity contribution in [2.24, 2.45) is 0 Å². The predicted octanol–water partition coefficient (Wildman–Crippen LogP) is 4.92. The van der Waals surface area contributed by atoms with Crippen molar-refractivity contribution in [3.8, 4) is 5.75 Å².